The van der Waals surface area contributed by atoms with E-state index in [1.807, 2.05) is 0 Å². The van der Waals surface area contributed by atoms with Crippen LogP contribution in [-0.4, -0.2) is 28.6 Å². The van der Waals surface area contributed by atoms with Crippen molar-refractivity contribution in [3.63, 3.8) is 0 Å². The van der Waals surface area contributed by atoms with Gasteiger partial charge in [0, 0.05) is 6.08 Å². The SMILES string of the molecule is O=C(C=Cc1ccc(O)cc1)COC(=O)C=Cc1ccc(O)cc1. The van der Waals surface area contributed by atoms with Gasteiger partial charge in [-0.2, -0.15) is 0 Å². The van der Waals surface area contributed by atoms with Crippen LogP contribution in [0.3, 0.4) is 0 Å². The van der Waals surface area contributed by atoms with E-state index < -0.39 is 5.97 Å². The molecule has 0 spiro atoms. The highest BCUT2D eigenvalue weighted by atomic mass is 16.5. The van der Waals surface area contributed by atoms with E-state index in [1.54, 1.807) is 30.3 Å². The van der Waals surface area contributed by atoms with Crippen LogP contribution >= 0.6 is 0 Å². The molecule has 0 aliphatic rings. The minimum absolute atomic E-state index is 0.140. The van der Waals surface area contributed by atoms with Gasteiger partial charge in [-0.3, -0.25) is 4.79 Å². The van der Waals surface area contributed by atoms with Gasteiger partial charge in [-0.25, -0.2) is 4.79 Å². The summed E-state index contributed by atoms with van der Waals surface area (Å²) in [6.07, 6.45) is 5.62. The molecule has 0 aromatic heterocycles. The Morgan fingerprint density at radius 3 is 1.75 bits per heavy atom. The molecule has 2 rings (SSSR count). The van der Waals surface area contributed by atoms with Crippen LogP contribution in [0.2, 0.25) is 0 Å². The fourth-order valence-electron chi connectivity index (χ4n) is 1.76. The number of ketones is 1. The number of esters is 1. The van der Waals surface area contributed by atoms with Gasteiger partial charge < -0.3 is 14.9 Å². The first kappa shape index (κ1) is 17.0. The van der Waals surface area contributed by atoms with Crippen LogP contribution in [-0.2, 0) is 14.3 Å². The average Bonchev–Trinajstić information content (AvgIpc) is 2.59. The zero-order chi connectivity index (χ0) is 17.4. The van der Waals surface area contributed by atoms with Crippen LogP contribution in [0.15, 0.2) is 60.7 Å². The summed E-state index contributed by atoms with van der Waals surface area (Å²) >= 11 is 0. The Morgan fingerprint density at radius 1 is 0.792 bits per heavy atom. The average molecular weight is 324 g/mol. The van der Waals surface area contributed by atoms with Crippen molar-refractivity contribution < 1.29 is 24.5 Å². The van der Waals surface area contributed by atoms with Gasteiger partial charge in [0.05, 0.1) is 0 Å². The van der Waals surface area contributed by atoms with Crippen LogP contribution < -0.4 is 0 Å². The quantitative estimate of drug-likeness (QED) is 0.630. The molecule has 24 heavy (non-hydrogen) atoms. The van der Waals surface area contributed by atoms with Crippen LogP contribution in [0.25, 0.3) is 12.2 Å². The Morgan fingerprint density at radius 2 is 1.25 bits per heavy atom. The fraction of sp³-hybridized carbons (Fsp3) is 0.0526. The monoisotopic (exact) mass is 324 g/mol. The number of carbonyl (C=O) groups excluding carboxylic acids is 2. The first-order chi connectivity index (χ1) is 11.5. The summed E-state index contributed by atoms with van der Waals surface area (Å²) in [7, 11) is 0. The summed E-state index contributed by atoms with van der Waals surface area (Å²) in [6, 6.07) is 12.6. The Hall–Kier alpha value is -3.34. The van der Waals surface area contributed by atoms with E-state index in [-0.39, 0.29) is 23.9 Å². The zero-order valence-corrected chi connectivity index (χ0v) is 12.8. The third-order valence-corrected chi connectivity index (χ3v) is 3.02. The number of ether oxygens (including phenoxy) is 1. The number of rotatable bonds is 6. The van der Waals surface area contributed by atoms with Crippen molar-refractivity contribution in [2.24, 2.45) is 0 Å². The topological polar surface area (TPSA) is 83.8 Å². The van der Waals surface area contributed by atoms with Crippen LogP contribution in [0.4, 0.5) is 0 Å². The van der Waals surface area contributed by atoms with Gasteiger partial charge in [-0.05, 0) is 47.5 Å². The summed E-state index contributed by atoms with van der Waals surface area (Å²) in [5.74, 6) is -0.697. The molecule has 0 saturated carbocycles. The van der Waals surface area contributed by atoms with E-state index in [1.165, 1.54) is 42.5 Å². The summed E-state index contributed by atoms with van der Waals surface area (Å²) in [6.45, 7) is -0.354. The Labute approximate surface area is 139 Å². The third-order valence-electron chi connectivity index (χ3n) is 3.02. The summed E-state index contributed by atoms with van der Waals surface area (Å²) in [5.41, 5.74) is 1.48. The van der Waals surface area contributed by atoms with E-state index in [0.717, 1.165) is 11.1 Å². The number of phenolic OH excluding ortho intramolecular Hbond substituents is 2. The number of carbonyl (C=O) groups is 2. The van der Waals surface area contributed by atoms with Crippen molar-refractivity contribution in [2.75, 3.05) is 6.61 Å². The van der Waals surface area contributed by atoms with Gasteiger partial charge in [0.1, 0.15) is 11.5 Å². The third kappa shape index (κ3) is 5.81. The second-order valence-corrected chi connectivity index (χ2v) is 4.92. The normalized spacial score (nSPS) is 11.0. The molecule has 0 aliphatic heterocycles. The molecule has 0 saturated heterocycles. The van der Waals surface area contributed by atoms with Crippen molar-refractivity contribution in [1.29, 1.82) is 0 Å². The minimum Gasteiger partial charge on any atom is -0.508 e. The number of hydrogen-bond donors (Lipinski definition) is 2. The fourth-order valence-corrected chi connectivity index (χ4v) is 1.76. The molecule has 122 valence electrons. The number of benzene rings is 2. The molecule has 0 radical (unpaired) electrons. The van der Waals surface area contributed by atoms with E-state index >= 15 is 0 Å². The molecule has 2 N–H and O–H groups in total. The highest BCUT2D eigenvalue weighted by molar-refractivity contribution is 5.96. The van der Waals surface area contributed by atoms with Gasteiger partial charge >= 0.3 is 5.97 Å². The van der Waals surface area contributed by atoms with Crippen molar-refractivity contribution in [3.8, 4) is 11.5 Å². The smallest absolute Gasteiger partial charge is 0.331 e. The van der Waals surface area contributed by atoms with E-state index in [2.05, 4.69) is 0 Å². The highest BCUT2D eigenvalue weighted by Gasteiger charge is 2.02. The molecule has 0 bridgehead atoms. The molecule has 0 aliphatic carbocycles. The maximum Gasteiger partial charge on any atom is 0.331 e. The van der Waals surface area contributed by atoms with E-state index in [4.69, 9.17) is 14.9 Å². The predicted molar refractivity (Wildman–Crippen MR) is 90.2 cm³/mol. The Kier molecular flexibility index (Phi) is 5.91. The molecule has 0 atom stereocenters. The molecule has 5 nitrogen and oxygen atoms in total. The summed E-state index contributed by atoms with van der Waals surface area (Å²) < 4.78 is 4.84. The van der Waals surface area contributed by atoms with Gasteiger partial charge in [0.25, 0.3) is 0 Å². The molecular formula is C19H16O5. The minimum atomic E-state index is -0.630. The second kappa shape index (κ2) is 8.33. The van der Waals surface area contributed by atoms with Crippen LogP contribution in [0.5, 0.6) is 11.5 Å². The van der Waals surface area contributed by atoms with E-state index in [0.29, 0.717) is 0 Å². The molecule has 5 heteroatoms. The van der Waals surface area contributed by atoms with Crippen LogP contribution in [0, 0.1) is 0 Å². The maximum atomic E-state index is 11.6. The Balaban J connectivity index is 1.79. The molecular weight excluding hydrogens is 308 g/mol. The van der Waals surface area contributed by atoms with Gasteiger partial charge in [0.15, 0.2) is 12.4 Å². The van der Waals surface area contributed by atoms with Crippen molar-refractivity contribution in [2.45, 2.75) is 0 Å². The lowest BCUT2D eigenvalue weighted by molar-refractivity contribution is -0.141. The van der Waals surface area contributed by atoms with Crippen molar-refractivity contribution >= 4 is 23.9 Å². The van der Waals surface area contributed by atoms with Crippen molar-refractivity contribution in [3.05, 3.63) is 71.8 Å². The predicted octanol–water partition coefficient (Wildman–Crippen LogP) is 2.94. The molecule has 2 aromatic carbocycles. The maximum absolute atomic E-state index is 11.6. The largest absolute Gasteiger partial charge is 0.508 e. The standard InChI is InChI=1S/C19H16O5/c20-16-7-1-14(2-8-16)5-11-18(22)13-24-19(23)12-6-15-3-9-17(21)10-4-15/h1-12,20-21H,13H2. The molecule has 0 heterocycles. The Bertz CT molecular complexity index is 688. The summed E-state index contributed by atoms with van der Waals surface area (Å²) in [5, 5.41) is 18.3. The lowest BCUT2D eigenvalue weighted by Crippen LogP contribution is -2.09. The lowest BCUT2D eigenvalue weighted by atomic mass is 10.2. The lowest BCUT2D eigenvalue weighted by Gasteiger charge is -1.99. The van der Waals surface area contributed by atoms with Crippen LogP contribution in [0.1, 0.15) is 11.1 Å². The first-order valence-corrected chi connectivity index (χ1v) is 7.17. The van der Waals surface area contributed by atoms with Gasteiger partial charge in [-0.15, -0.1) is 0 Å². The number of hydrogen-bond acceptors (Lipinski definition) is 5. The molecule has 0 fully saturated rings. The zero-order valence-electron chi connectivity index (χ0n) is 12.8. The van der Waals surface area contributed by atoms with Crippen molar-refractivity contribution in [1.82, 2.24) is 0 Å². The first-order valence-electron chi connectivity index (χ1n) is 7.17. The van der Waals surface area contributed by atoms with Gasteiger partial charge in [-0.1, -0.05) is 30.3 Å². The second-order valence-electron chi connectivity index (χ2n) is 4.92. The number of phenols is 2. The van der Waals surface area contributed by atoms with Gasteiger partial charge in [0.2, 0.25) is 0 Å². The van der Waals surface area contributed by atoms with E-state index in [9.17, 15) is 9.59 Å². The molecule has 2 aromatic rings. The highest BCUT2D eigenvalue weighted by Crippen LogP contribution is 2.11. The molecule has 0 unspecified atom stereocenters. The summed E-state index contributed by atoms with van der Waals surface area (Å²) in [4.78, 5) is 23.2. The molecule has 0 amide bonds. The number of aromatic hydroxyl groups is 2.